The molecule has 27 heavy (non-hydrogen) atoms. The summed E-state index contributed by atoms with van der Waals surface area (Å²) in [6.45, 7) is 1.13. The number of nitrogens with one attached hydrogen (secondary N) is 1. The van der Waals surface area contributed by atoms with Gasteiger partial charge in [-0.2, -0.15) is 0 Å². The second-order valence-electron chi connectivity index (χ2n) is 6.77. The molecule has 1 aliphatic heterocycles. The maximum Gasteiger partial charge on any atom is 0.251 e. The molecule has 1 N–H and O–H groups in total. The Balaban J connectivity index is 1.56. The summed E-state index contributed by atoms with van der Waals surface area (Å²) in [5.41, 5.74) is 2.95. The molecule has 0 saturated carbocycles. The van der Waals surface area contributed by atoms with Crippen molar-refractivity contribution in [3.8, 4) is 0 Å². The van der Waals surface area contributed by atoms with E-state index < -0.39 is 9.84 Å². The summed E-state index contributed by atoms with van der Waals surface area (Å²) in [4.78, 5) is 25.8. The molecule has 2 amide bonds. The van der Waals surface area contributed by atoms with Gasteiger partial charge in [-0.15, -0.1) is 0 Å². The van der Waals surface area contributed by atoms with E-state index in [9.17, 15) is 18.0 Å². The Morgan fingerprint density at radius 2 is 1.67 bits per heavy atom. The molecule has 142 valence electrons. The first-order valence-corrected chi connectivity index (χ1v) is 10.8. The number of rotatable bonds is 6. The van der Waals surface area contributed by atoms with Crippen molar-refractivity contribution >= 4 is 27.3 Å². The van der Waals surface area contributed by atoms with Gasteiger partial charge in [0.25, 0.3) is 5.91 Å². The predicted molar refractivity (Wildman–Crippen MR) is 104 cm³/mol. The Bertz CT molecular complexity index is 935. The minimum absolute atomic E-state index is 0.0409. The van der Waals surface area contributed by atoms with Crippen molar-refractivity contribution < 1.29 is 18.0 Å². The number of benzene rings is 2. The highest BCUT2D eigenvalue weighted by Crippen LogP contribution is 2.21. The normalized spacial score (nSPS) is 14.4. The van der Waals surface area contributed by atoms with E-state index in [0.29, 0.717) is 24.1 Å². The predicted octanol–water partition coefficient (Wildman–Crippen LogP) is 2.29. The minimum Gasteiger partial charge on any atom is -0.348 e. The lowest BCUT2D eigenvalue weighted by molar-refractivity contribution is -0.117. The Morgan fingerprint density at radius 3 is 2.22 bits per heavy atom. The monoisotopic (exact) mass is 386 g/mol. The van der Waals surface area contributed by atoms with Crippen molar-refractivity contribution in [1.82, 2.24) is 5.32 Å². The largest absolute Gasteiger partial charge is 0.348 e. The van der Waals surface area contributed by atoms with Gasteiger partial charge in [0.1, 0.15) is 0 Å². The minimum atomic E-state index is -3.09. The molecule has 2 aromatic rings. The van der Waals surface area contributed by atoms with Crippen molar-refractivity contribution in [2.24, 2.45) is 0 Å². The average Bonchev–Trinajstić information content (AvgIpc) is 3.05. The zero-order valence-corrected chi connectivity index (χ0v) is 16.0. The zero-order valence-electron chi connectivity index (χ0n) is 15.1. The molecule has 7 heteroatoms. The van der Waals surface area contributed by atoms with Gasteiger partial charge in [-0.25, -0.2) is 8.42 Å². The summed E-state index contributed by atoms with van der Waals surface area (Å²) in [5.74, 6) is -0.115. The van der Waals surface area contributed by atoms with Crippen molar-refractivity contribution in [1.29, 1.82) is 0 Å². The smallest absolute Gasteiger partial charge is 0.251 e. The first-order valence-electron chi connectivity index (χ1n) is 8.76. The van der Waals surface area contributed by atoms with Crippen LogP contribution < -0.4 is 10.2 Å². The topological polar surface area (TPSA) is 83.6 Å². The van der Waals surface area contributed by atoms with Gasteiger partial charge in [-0.1, -0.05) is 24.3 Å². The third kappa shape index (κ3) is 5.17. The highest BCUT2D eigenvalue weighted by atomic mass is 32.2. The second-order valence-corrected chi connectivity index (χ2v) is 8.91. The Labute approximate surface area is 159 Å². The number of carbonyl (C=O) groups is 2. The first kappa shape index (κ1) is 19.1. The SMILES string of the molecule is CS(=O)(=O)Cc1ccc(C(=O)NCc2ccc(N3CCCC3=O)cc2)cc1. The lowest BCUT2D eigenvalue weighted by Crippen LogP contribution is -2.24. The molecule has 6 nitrogen and oxygen atoms in total. The number of anilines is 1. The lowest BCUT2D eigenvalue weighted by Gasteiger charge is -2.16. The average molecular weight is 386 g/mol. The van der Waals surface area contributed by atoms with E-state index in [4.69, 9.17) is 0 Å². The molecule has 0 atom stereocenters. The first-order chi connectivity index (χ1) is 12.8. The number of sulfone groups is 1. The third-order valence-corrected chi connectivity index (χ3v) is 5.28. The summed E-state index contributed by atoms with van der Waals surface area (Å²) in [7, 11) is -3.09. The quantitative estimate of drug-likeness (QED) is 0.826. The van der Waals surface area contributed by atoms with Crippen LogP contribution in [0.3, 0.4) is 0 Å². The molecule has 3 rings (SSSR count). The van der Waals surface area contributed by atoms with Crippen molar-refractivity contribution in [3.63, 3.8) is 0 Å². The molecule has 0 unspecified atom stereocenters. The molecule has 0 bridgehead atoms. The standard InChI is InChI=1S/C20H22N2O4S/c1-27(25,26)14-16-4-8-17(9-5-16)20(24)21-13-15-6-10-18(11-7-15)22-12-2-3-19(22)23/h4-11H,2-3,12-14H2,1H3,(H,21,24). The van der Waals surface area contributed by atoms with Crippen LogP contribution in [0.5, 0.6) is 0 Å². The molecule has 1 aliphatic rings. The van der Waals surface area contributed by atoms with E-state index in [1.165, 1.54) is 6.26 Å². The van der Waals surface area contributed by atoms with E-state index in [2.05, 4.69) is 5.32 Å². The van der Waals surface area contributed by atoms with Crippen LogP contribution in [0.25, 0.3) is 0 Å². The van der Waals surface area contributed by atoms with E-state index in [0.717, 1.165) is 24.2 Å². The maximum absolute atomic E-state index is 12.3. The van der Waals surface area contributed by atoms with Crippen LogP contribution in [-0.2, 0) is 26.9 Å². The highest BCUT2D eigenvalue weighted by molar-refractivity contribution is 7.89. The summed E-state index contributed by atoms with van der Waals surface area (Å²) in [6, 6.07) is 14.1. The molecule has 0 spiro atoms. The van der Waals surface area contributed by atoms with Crippen molar-refractivity contribution in [3.05, 3.63) is 65.2 Å². The van der Waals surface area contributed by atoms with Gasteiger partial charge < -0.3 is 10.2 Å². The van der Waals surface area contributed by atoms with Crippen molar-refractivity contribution in [2.45, 2.75) is 25.1 Å². The van der Waals surface area contributed by atoms with Gasteiger partial charge in [-0.3, -0.25) is 9.59 Å². The summed E-state index contributed by atoms with van der Waals surface area (Å²) in [5, 5.41) is 2.84. The number of hydrogen-bond acceptors (Lipinski definition) is 4. The fourth-order valence-corrected chi connectivity index (χ4v) is 3.85. The Kier molecular flexibility index (Phi) is 5.60. The van der Waals surface area contributed by atoms with Crippen molar-refractivity contribution in [2.75, 3.05) is 17.7 Å². The summed E-state index contributed by atoms with van der Waals surface area (Å²) in [6.07, 6.45) is 2.67. The van der Waals surface area contributed by atoms with Gasteiger partial charge in [0.2, 0.25) is 5.91 Å². The van der Waals surface area contributed by atoms with E-state index in [1.54, 1.807) is 29.2 Å². The molecular formula is C20H22N2O4S. The van der Waals surface area contributed by atoms with Crippen LogP contribution in [0.4, 0.5) is 5.69 Å². The van der Waals surface area contributed by atoms with Crippen LogP contribution in [0.2, 0.25) is 0 Å². The van der Waals surface area contributed by atoms with Gasteiger partial charge in [0.05, 0.1) is 5.75 Å². The van der Waals surface area contributed by atoms with Crippen LogP contribution >= 0.6 is 0 Å². The van der Waals surface area contributed by atoms with E-state index >= 15 is 0 Å². The molecule has 0 aliphatic carbocycles. The maximum atomic E-state index is 12.3. The number of carbonyl (C=O) groups excluding carboxylic acids is 2. The number of hydrogen-bond donors (Lipinski definition) is 1. The molecule has 0 aromatic heterocycles. The van der Waals surface area contributed by atoms with Crippen LogP contribution in [0, 0.1) is 0 Å². The fourth-order valence-electron chi connectivity index (χ4n) is 3.05. The van der Waals surface area contributed by atoms with Gasteiger partial charge in [0.15, 0.2) is 9.84 Å². The molecule has 2 aromatic carbocycles. The zero-order chi connectivity index (χ0) is 19.4. The summed E-state index contributed by atoms with van der Waals surface area (Å²) < 4.78 is 22.6. The molecule has 0 radical (unpaired) electrons. The Morgan fingerprint density at radius 1 is 1.04 bits per heavy atom. The number of nitrogens with zero attached hydrogens (tertiary/aromatic N) is 1. The summed E-state index contributed by atoms with van der Waals surface area (Å²) >= 11 is 0. The van der Waals surface area contributed by atoms with Crippen LogP contribution in [0.1, 0.15) is 34.3 Å². The molecule has 1 fully saturated rings. The van der Waals surface area contributed by atoms with E-state index in [1.807, 2.05) is 24.3 Å². The second kappa shape index (κ2) is 7.92. The third-order valence-electron chi connectivity index (χ3n) is 4.42. The highest BCUT2D eigenvalue weighted by Gasteiger charge is 2.21. The van der Waals surface area contributed by atoms with Crippen LogP contribution in [0.15, 0.2) is 48.5 Å². The van der Waals surface area contributed by atoms with Gasteiger partial charge in [0, 0.05) is 37.0 Å². The molecular weight excluding hydrogens is 364 g/mol. The molecule has 1 saturated heterocycles. The van der Waals surface area contributed by atoms with Gasteiger partial charge >= 0.3 is 0 Å². The lowest BCUT2D eigenvalue weighted by atomic mass is 10.1. The van der Waals surface area contributed by atoms with E-state index in [-0.39, 0.29) is 17.6 Å². The van der Waals surface area contributed by atoms with Gasteiger partial charge in [-0.05, 0) is 41.8 Å². The Hall–Kier alpha value is -2.67. The fraction of sp³-hybridized carbons (Fsp3) is 0.300. The molecule has 1 heterocycles. The number of amides is 2. The van der Waals surface area contributed by atoms with Crippen LogP contribution in [-0.4, -0.2) is 33.0 Å².